The van der Waals surface area contributed by atoms with Crippen LogP contribution in [0.25, 0.3) is 10.7 Å². The van der Waals surface area contributed by atoms with Crippen molar-refractivity contribution in [3.05, 3.63) is 55.0 Å². The topological polar surface area (TPSA) is 59.0 Å². The van der Waals surface area contributed by atoms with E-state index in [1.54, 1.807) is 41.0 Å². The summed E-state index contributed by atoms with van der Waals surface area (Å²) in [5.41, 5.74) is 1.06. The van der Waals surface area contributed by atoms with Gasteiger partial charge >= 0.3 is 0 Å². The van der Waals surface area contributed by atoms with Gasteiger partial charge in [-0.05, 0) is 0 Å². The van der Waals surface area contributed by atoms with E-state index in [1.807, 2.05) is 0 Å². The van der Waals surface area contributed by atoms with Crippen LogP contribution in [-0.4, -0.2) is 38.8 Å². The molecule has 0 aliphatic heterocycles. The van der Waals surface area contributed by atoms with Crippen molar-refractivity contribution in [2.75, 3.05) is 13.1 Å². The van der Waals surface area contributed by atoms with E-state index in [4.69, 9.17) is 0 Å². The van der Waals surface area contributed by atoms with Crippen molar-refractivity contribution < 1.29 is 4.79 Å². The van der Waals surface area contributed by atoms with Crippen LogP contribution in [0.2, 0.25) is 0 Å². The lowest BCUT2D eigenvalue weighted by molar-refractivity contribution is 0.0786. The minimum absolute atomic E-state index is 0.142. The zero-order valence-corrected chi connectivity index (χ0v) is 11.7. The van der Waals surface area contributed by atoms with Crippen LogP contribution in [0.5, 0.6) is 0 Å². The van der Waals surface area contributed by atoms with E-state index >= 15 is 0 Å². The minimum atomic E-state index is -0.142. The molecule has 0 unspecified atom stereocenters. The molecule has 2 aromatic heterocycles. The number of aromatic nitrogens is 3. The minimum Gasteiger partial charge on any atom is -0.330 e. The van der Waals surface area contributed by atoms with Gasteiger partial charge < -0.3 is 4.90 Å². The molecule has 0 aliphatic rings. The smallest absolute Gasteiger partial charge is 0.273 e. The molecule has 0 fully saturated rings. The second kappa shape index (κ2) is 6.72. The number of amides is 1. The third-order valence-electron chi connectivity index (χ3n) is 2.49. The number of nitrogens with zero attached hydrogens (tertiary/aromatic N) is 4. The van der Waals surface area contributed by atoms with Crippen LogP contribution in [0.3, 0.4) is 0 Å². The molecule has 102 valence electrons. The van der Waals surface area contributed by atoms with Gasteiger partial charge in [0.15, 0.2) is 0 Å². The summed E-state index contributed by atoms with van der Waals surface area (Å²) in [4.78, 5) is 26.4. The Labute approximate surface area is 121 Å². The largest absolute Gasteiger partial charge is 0.330 e. The maximum atomic E-state index is 12.3. The summed E-state index contributed by atoms with van der Waals surface area (Å²) < 4.78 is 0. The first kappa shape index (κ1) is 14.1. The SMILES string of the molecule is C=CCN(CC=C)C(=O)c1csc(-c2cnccn2)n1. The van der Waals surface area contributed by atoms with Crippen LogP contribution in [0.1, 0.15) is 10.5 Å². The molecule has 0 saturated carbocycles. The normalized spacial score (nSPS) is 10.0. The molecule has 1 amide bonds. The summed E-state index contributed by atoms with van der Waals surface area (Å²) in [6.45, 7) is 8.22. The fraction of sp³-hybridized carbons (Fsp3) is 0.143. The van der Waals surface area contributed by atoms with Crippen LogP contribution < -0.4 is 0 Å². The van der Waals surface area contributed by atoms with Crippen LogP contribution in [-0.2, 0) is 0 Å². The van der Waals surface area contributed by atoms with Gasteiger partial charge in [0.1, 0.15) is 16.4 Å². The van der Waals surface area contributed by atoms with Gasteiger partial charge in [-0.2, -0.15) is 0 Å². The molecular weight excluding hydrogens is 272 g/mol. The standard InChI is InChI=1S/C14H14N4OS/c1-3-7-18(8-4-2)14(19)12-10-20-13(17-12)11-9-15-5-6-16-11/h3-6,9-10H,1-2,7-8H2. The van der Waals surface area contributed by atoms with Crippen molar-refractivity contribution in [3.8, 4) is 10.7 Å². The second-order valence-electron chi connectivity index (χ2n) is 3.92. The first-order valence-corrected chi connectivity index (χ1v) is 6.87. The molecule has 0 aliphatic carbocycles. The summed E-state index contributed by atoms with van der Waals surface area (Å²) in [6.07, 6.45) is 8.17. The first-order chi connectivity index (χ1) is 9.76. The molecule has 5 nitrogen and oxygen atoms in total. The van der Waals surface area contributed by atoms with Crippen LogP contribution in [0.15, 0.2) is 49.3 Å². The molecule has 0 atom stereocenters. The van der Waals surface area contributed by atoms with Crippen molar-refractivity contribution in [2.24, 2.45) is 0 Å². The third-order valence-corrected chi connectivity index (χ3v) is 3.36. The van der Waals surface area contributed by atoms with Crippen molar-refractivity contribution in [3.63, 3.8) is 0 Å². The van der Waals surface area contributed by atoms with Gasteiger partial charge in [0.05, 0.1) is 6.20 Å². The van der Waals surface area contributed by atoms with Gasteiger partial charge in [0.2, 0.25) is 0 Å². The predicted molar refractivity (Wildman–Crippen MR) is 79.4 cm³/mol. The summed E-state index contributed by atoms with van der Waals surface area (Å²) in [7, 11) is 0. The highest BCUT2D eigenvalue weighted by atomic mass is 32.1. The fourth-order valence-corrected chi connectivity index (χ4v) is 2.37. The molecule has 0 aromatic carbocycles. The molecule has 2 heterocycles. The van der Waals surface area contributed by atoms with Crippen molar-refractivity contribution >= 4 is 17.2 Å². The molecule has 0 N–H and O–H groups in total. The van der Waals surface area contributed by atoms with E-state index in [1.165, 1.54) is 11.3 Å². The average Bonchev–Trinajstić information content (AvgIpc) is 2.97. The molecule has 2 rings (SSSR count). The Bertz CT molecular complexity index is 599. The maximum Gasteiger partial charge on any atom is 0.273 e. The molecule has 20 heavy (non-hydrogen) atoms. The van der Waals surface area contributed by atoms with E-state index in [9.17, 15) is 4.79 Å². The molecule has 0 bridgehead atoms. The molecule has 6 heteroatoms. The predicted octanol–water partition coefficient (Wildman–Crippen LogP) is 2.41. The van der Waals surface area contributed by atoms with Gasteiger partial charge in [-0.1, -0.05) is 12.2 Å². The summed E-state index contributed by atoms with van der Waals surface area (Å²) in [5.74, 6) is -0.142. The fourth-order valence-electron chi connectivity index (χ4n) is 1.61. The number of hydrogen-bond acceptors (Lipinski definition) is 5. The lowest BCUT2D eigenvalue weighted by atomic mass is 10.3. The Morgan fingerprint density at radius 3 is 2.65 bits per heavy atom. The summed E-state index contributed by atoms with van der Waals surface area (Å²) in [5, 5.41) is 2.41. The van der Waals surface area contributed by atoms with Gasteiger partial charge in [-0.3, -0.25) is 14.8 Å². The van der Waals surface area contributed by atoms with Gasteiger partial charge in [-0.15, -0.1) is 24.5 Å². The quantitative estimate of drug-likeness (QED) is 0.765. The van der Waals surface area contributed by atoms with Crippen molar-refractivity contribution in [1.82, 2.24) is 19.9 Å². The number of hydrogen-bond donors (Lipinski definition) is 0. The first-order valence-electron chi connectivity index (χ1n) is 5.99. The van der Waals surface area contributed by atoms with E-state index in [0.29, 0.717) is 29.5 Å². The Hall–Kier alpha value is -2.34. The van der Waals surface area contributed by atoms with Gasteiger partial charge in [0.25, 0.3) is 5.91 Å². The Morgan fingerprint density at radius 1 is 1.30 bits per heavy atom. The van der Waals surface area contributed by atoms with E-state index in [0.717, 1.165) is 0 Å². The monoisotopic (exact) mass is 286 g/mol. The van der Waals surface area contributed by atoms with E-state index < -0.39 is 0 Å². The van der Waals surface area contributed by atoms with E-state index in [2.05, 4.69) is 28.1 Å². The number of carbonyl (C=O) groups is 1. The highest BCUT2D eigenvalue weighted by Crippen LogP contribution is 2.21. The van der Waals surface area contributed by atoms with Crippen molar-refractivity contribution in [2.45, 2.75) is 0 Å². The maximum absolute atomic E-state index is 12.3. The lowest BCUT2D eigenvalue weighted by Gasteiger charge is -2.17. The Kier molecular flexibility index (Phi) is 4.73. The van der Waals surface area contributed by atoms with Gasteiger partial charge in [0, 0.05) is 30.9 Å². The van der Waals surface area contributed by atoms with E-state index in [-0.39, 0.29) is 5.91 Å². The average molecular weight is 286 g/mol. The molecular formula is C14H14N4OS. The summed E-state index contributed by atoms with van der Waals surface area (Å²) in [6, 6.07) is 0. The Balaban J connectivity index is 2.21. The lowest BCUT2D eigenvalue weighted by Crippen LogP contribution is -2.31. The number of thiazole rings is 1. The molecule has 0 radical (unpaired) electrons. The highest BCUT2D eigenvalue weighted by Gasteiger charge is 2.17. The van der Waals surface area contributed by atoms with Crippen LogP contribution >= 0.6 is 11.3 Å². The molecule has 2 aromatic rings. The summed E-state index contributed by atoms with van der Waals surface area (Å²) >= 11 is 1.37. The Morgan fingerprint density at radius 2 is 2.05 bits per heavy atom. The number of rotatable bonds is 6. The molecule has 0 spiro atoms. The molecule has 0 saturated heterocycles. The van der Waals surface area contributed by atoms with Crippen LogP contribution in [0, 0.1) is 0 Å². The highest BCUT2D eigenvalue weighted by molar-refractivity contribution is 7.13. The third kappa shape index (κ3) is 3.16. The van der Waals surface area contributed by atoms with Gasteiger partial charge in [-0.25, -0.2) is 4.98 Å². The van der Waals surface area contributed by atoms with Crippen molar-refractivity contribution in [1.29, 1.82) is 0 Å². The zero-order chi connectivity index (χ0) is 14.4. The number of carbonyl (C=O) groups excluding carboxylic acids is 1. The van der Waals surface area contributed by atoms with Crippen LogP contribution in [0.4, 0.5) is 0 Å². The zero-order valence-electron chi connectivity index (χ0n) is 10.9. The second-order valence-corrected chi connectivity index (χ2v) is 4.77.